The van der Waals surface area contributed by atoms with Crippen molar-refractivity contribution < 1.29 is 14.7 Å². The van der Waals surface area contributed by atoms with E-state index in [1.807, 2.05) is 6.92 Å². The Labute approximate surface area is 105 Å². The van der Waals surface area contributed by atoms with E-state index in [2.05, 4.69) is 10.3 Å². The van der Waals surface area contributed by atoms with E-state index in [9.17, 15) is 9.59 Å². The fraction of sp³-hybridized carbons (Fsp3) is 0.462. The monoisotopic (exact) mass is 248 g/mol. The summed E-state index contributed by atoms with van der Waals surface area (Å²) in [5.41, 5.74) is 0.815. The predicted molar refractivity (Wildman–Crippen MR) is 65.4 cm³/mol. The van der Waals surface area contributed by atoms with Crippen LogP contribution in [0.3, 0.4) is 0 Å². The van der Waals surface area contributed by atoms with Gasteiger partial charge in [-0.2, -0.15) is 0 Å². The normalized spacial score (nSPS) is 16.8. The molecule has 0 saturated heterocycles. The van der Waals surface area contributed by atoms with E-state index in [0.29, 0.717) is 24.1 Å². The molecule has 1 saturated carbocycles. The highest BCUT2D eigenvalue weighted by molar-refractivity contribution is 5.98. The summed E-state index contributed by atoms with van der Waals surface area (Å²) in [6.07, 6.45) is 1.82. The van der Waals surface area contributed by atoms with Crippen molar-refractivity contribution in [2.75, 3.05) is 0 Å². The molecule has 1 aromatic heterocycles. The SMILES string of the molecule is Cc1ccc(C(=O)NC2(C(=O)O)CCC2)c(C)n1. The largest absolute Gasteiger partial charge is 0.480 e. The summed E-state index contributed by atoms with van der Waals surface area (Å²) in [4.78, 5) is 27.5. The molecule has 0 spiro atoms. The number of rotatable bonds is 3. The molecule has 0 aliphatic heterocycles. The zero-order chi connectivity index (χ0) is 13.3. The summed E-state index contributed by atoms with van der Waals surface area (Å²) in [7, 11) is 0. The predicted octanol–water partition coefficient (Wildman–Crippen LogP) is 1.44. The van der Waals surface area contributed by atoms with Gasteiger partial charge in [0.1, 0.15) is 5.54 Å². The molecule has 0 atom stereocenters. The lowest BCUT2D eigenvalue weighted by Crippen LogP contribution is -2.59. The molecule has 1 heterocycles. The maximum Gasteiger partial charge on any atom is 0.329 e. The molecule has 0 bridgehead atoms. The van der Waals surface area contributed by atoms with Crippen LogP contribution < -0.4 is 5.32 Å². The first kappa shape index (κ1) is 12.5. The molecule has 2 N–H and O–H groups in total. The van der Waals surface area contributed by atoms with Crippen LogP contribution in [0.2, 0.25) is 0 Å². The number of nitrogens with one attached hydrogen (secondary N) is 1. The van der Waals surface area contributed by atoms with Crippen LogP contribution in [0.5, 0.6) is 0 Å². The lowest BCUT2D eigenvalue weighted by molar-refractivity contribution is -0.148. The molecule has 0 unspecified atom stereocenters. The molecule has 0 aromatic carbocycles. The molecule has 96 valence electrons. The number of aryl methyl sites for hydroxylation is 2. The average molecular weight is 248 g/mol. The Kier molecular flexibility index (Phi) is 3.07. The number of aliphatic carboxylic acids is 1. The highest BCUT2D eigenvalue weighted by Gasteiger charge is 2.45. The number of carbonyl (C=O) groups is 2. The number of amides is 1. The second-order valence-corrected chi connectivity index (χ2v) is 4.78. The minimum atomic E-state index is -1.07. The van der Waals surface area contributed by atoms with Gasteiger partial charge in [-0.3, -0.25) is 9.78 Å². The lowest BCUT2D eigenvalue weighted by atomic mass is 9.76. The zero-order valence-electron chi connectivity index (χ0n) is 10.5. The van der Waals surface area contributed by atoms with Crippen molar-refractivity contribution in [1.82, 2.24) is 10.3 Å². The first-order valence-electron chi connectivity index (χ1n) is 5.95. The minimum absolute atomic E-state index is 0.359. The van der Waals surface area contributed by atoms with Crippen LogP contribution in [0, 0.1) is 13.8 Å². The molecule has 1 amide bonds. The summed E-state index contributed by atoms with van der Waals surface area (Å²) >= 11 is 0. The van der Waals surface area contributed by atoms with Gasteiger partial charge in [0.05, 0.1) is 11.3 Å². The fourth-order valence-corrected chi connectivity index (χ4v) is 2.13. The van der Waals surface area contributed by atoms with Gasteiger partial charge in [0.2, 0.25) is 0 Å². The Morgan fingerprint density at radius 1 is 1.33 bits per heavy atom. The van der Waals surface area contributed by atoms with E-state index < -0.39 is 11.5 Å². The van der Waals surface area contributed by atoms with Gasteiger partial charge in [-0.15, -0.1) is 0 Å². The van der Waals surface area contributed by atoms with Gasteiger partial charge >= 0.3 is 5.97 Å². The number of carboxylic acids is 1. The van der Waals surface area contributed by atoms with Gasteiger partial charge in [-0.05, 0) is 45.2 Å². The molecule has 5 nitrogen and oxygen atoms in total. The number of hydrogen-bond donors (Lipinski definition) is 2. The van der Waals surface area contributed by atoms with Crippen molar-refractivity contribution in [2.45, 2.75) is 38.6 Å². The van der Waals surface area contributed by atoms with Gasteiger partial charge in [0.25, 0.3) is 5.91 Å². The van der Waals surface area contributed by atoms with Gasteiger partial charge < -0.3 is 10.4 Å². The smallest absolute Gasteiger partial charge is 0.329 e. The van der Waals surface area contributed by atoms with Crippen molar-refractivity contribution >= 4 is 11.9 Å². The number of hydrogen-bond acceptors (Lipinski definition) is 3. The highest BCUT2D eigenvalue weighted by Crippen LogP contribution is 2.32. The summed E-state index contributed by atoms with van der Waals surface area (Å²) in [6, 6.07) is 3.43. The van der Waals surface area contributed by atoms with Crippen LogP contribution in [0.25, 0.3) is 0 Å². The Morgan fingerprint density at radius 2 is 2.00 bits per heavy atom. The third-order valence-electron chi connectivity index (χ3n) is 3.44. The summed E-state index contributed by atoms with van der Waals surface area (Å²) in [5.74, 6) is -1.32. The third kappa shape index (κ3) is 2.08. The quantitative estimate of drug-likeness (QED) is 0.848. The van der Waals surface area contributed by atoms with Gasteiger partial charge in [0, 0.05) is 5.69 Å². The number of pyridine rings is 1. The maximum absolute atomic E-state index is 12.1. The van der Waals surface area contributed by atoms with Crippen LogP contribution in [0.1, 0.15) is 41.0 Å². The van der Waals surface area contributed by atoms with Crippen molar-refractivity contribution in [3.63, 3.8) is 0 Å². The van der Waals surface area contributed by atoms with Gasteiger partial charge in [0.15, 0.2) is 0 Å². The summed E-state index contributed by atoms with van der Waals surface area (Å²) in [5, 5.41) is 11.8. The summed E-state index contributed by atoms with van der Waals surface area (Å²) < 4.78 is 0. The minimum Gasteiger partial charge on any atom is -0.480 e. The number of carbonyl (C=O) groups excluding carboxylic acids is 1. The summed E-state index contributed by atoms with van der Waals surface area (Å²) in [6.45, 7) is 3.59. The number of aromatic nitrogens is 1. The standard InChI is InChI=1S/C13H16N2O3/c1-8-4-5-10(9(2)14-8)11(16)15-13(12(17)18)6-3-7-13/h4-5H,3,6-7H2,1-2H3,(H,15,16)(H,17,18). The van der Waals surface area contributed by atoms with Crippen LogP contribution in [-0.4, -0.2) is 27.5 Å². The molecular formula is C13H16N2O3. The van der Waals surface area contributed by atoms with E-state index in [1.54, 1.807) is 19.1 Å². The fourth-order valence-electron chi connectivity index (χ4n) is 2.13. The average Bonchev–Trinajstić information content (AvgIpc) is 2.22. The number of nitrogens with zero attached hydrogens (tertiary/aromatic N) is 1. The highest BCUT2D eigenvalue weighted by atomic mass is 16.4. The van der Waals surface area contributed by atoms with E-state index in [4.69, 9.17) is 5.11 Å². The molecule has 1 fully saturated rings. The van der Waals surface area contributed by atoms with E-state index in [-0.39, 0.29) is 5.91 Å². The molecule has 1 aromatic rings. The second-order valence-electron chi connectivity index (χ2n) is 4.78. The van der Waals surface area contributed by atoms with Crippen molar-refractivity contribution in [1.29, 1.82) is 0 Å². The zero-order valence-corrected chi connectivity index (χ0v) is 10.5. The first-order chi connectivity index (χ1) is 8.44. The molecule has 18 heavy (non-hydrogen) atoms. The molecule has 1 aliphatic rings. The Hall–Kier alpha value is -1.91. The Balaban J connectivity index is 2.19. The Bertz CT molecular complexity index is 507. The van der Waals surface area contributed by atoms with Crippen molar-refractivity contribution in [3.8, 4) is 0 Å². The van der Waals surface area contributed by atoms with E-state index in [0.717, 1.165) is 12.1 Å². The van der Waals surface area contributed by atoms with Crippen molar-refractivity contribution in [2.24, 2.45) is 0 Å². The van der Waals surface area contributed by atoms with E-state index >= 15 is 0 Å². The molecule has 1 aliphatic carbocycles. The van der Waals surface area contributed by atoms with Crippen molar-refractivity contribution in [3.05, 3.63) is 29.1 Å². The maximum atomic E-state index is 12.1. The molecule has 5 heteroatoms. The van der Waals surface area contributed by atoms with E-state index in [1.165, 1.54) is 0 Å². The van der Waals surface area contributed by atoms with Gasteiger partial charge in [-0.1, -0.05) is 0 Å². The molecule has 0 radical (unpaired) electrons. The van der Waals surface area contributed by atoms with Crippen LogP contribution in [0.4, 0.5) is 0 Å². The van der Waals surface area contributed by atoms with Crippen LogP contribution in [0.15, 0.2) is 12.1 Å². The second kappa shape index (κ2) is 4.40. The third-order valence-corrected chi connectivity index (χ3v) is 3.44. The topological polar surface area (TPSA) is 79.3 Å². The number of carboxylic acid groups (broad SMARTS) is 1. The van der Waals surface area contributed by atoms with Crippen LogP contribution in [-0.2, 0) is 4.79 Å². The van der Waals surface area contributed by atoms with Crippen LogP contribution >= 0.6 is 0 Å². The molecule has 2 rings (SSSR count). The van der Waals surface area contributed by atoms with Gasteiger partial charge in [-0.25, -0.2) is 4.79 Å². The Morgan fingerprint density at radius 3 is 2.44 bits per heavy atom. The molecular weight excluding hydrogens is 232 g/mol. The lowest BCUT2D eigenvalue weighted by Gasteiger charge is -2.38. The first-order valence-corrected chi connectivity index (χ1v) is 5.95.